The summed E-state index contributed by atoms with van der Waals surface area (Å²) < 4.78 is 8.23. The summed E-state index contributed by atoms with van der Waals surface area (Å²) in [4.78, 5) is 4.85. The summed E-state index contributed by atoms with van der Waals surface area (Å²) in [7, 11) is 0. The fourth-order valence-electron chi connectivity index (χ4n) is 3.61. The number of hydrogen-bond acceptors (Lipinski definition) is 2. The van der Waals surface area contributed by atoms with Crippen molar-refractivity contribution in [2.45, 2.75) is 39.2 Å². The molecule has 3 aromatic carbocycles. The van der Waals surface area contributed by atoms with Crippen LogP contribution in [0.3, 0.4) is 0 Å². The van der Waals surface area contributed by atoms with Gasteiger partial charge in [-0.05, 0) is 53.8 Å². The minimum Gasteiger partial charge on any atom is -0.494 e. The Morgan fingerprint density at radius 3 is 2.33 bits per heavy atom. The van der Waals surface area contributed by atoms with Crippen molar-refractivity contribution in [3.63, 3.8) is 0 Å². The smallest absolute Gasteiger partial charge is 0.142 e. The van der Waals surface area contributed by atoms with Crippen LogP contribution in [0.25, 0.3) is 22.4 Å². The lowest BCUT2D eigenvalue weighted by Gasteiger charge is -2.19. The molecule has 0 radical (unpaired) electrons. The van der Waals surface area contributed by atoms with Gasteiger partial charge in [0.15, 0.2) is 0 Å². The van der Waals surface area contributed by atoms with Gasteiger partial charge in [0.05, 0.1) is 22.7 Å². The van der Waals surface area contributed by atoms with E-state index in [2.05, 4.69) is 55.7 Å². The van der Waals surface area contributed by atoms with Gasteiger partial charge in [-0.25, -0.2) is 4.98 Å². The average Bonchev–Trinajstić information content (AvgIpc) is 3.09. The summed E-state index contributed by atoms with van der Waals surface area (Å²) in [6, 6.07) is 24.5. The zero-order chi connectivity index (χ0) is 21.1. The number of ether oxygens (including phenoxy) is 1. The van der Waals surface area contributed by atoms with Gasteiger partial charge >= 0.3 is 0 Å². The highest BCUT2D eigenvalue weighted by Gasteiger charge is 2.15. The minimum atomic E-state index is 0.149. The molecule has 4 rings (SSSR count). The number of benzene rings is 3. The van der Waals surface area contributed by atoms with Crippen LogP contribution in [0.1, 0.15) is 32.8 Å². The minimum absolute atomic E-state index is 0.149. The van der Waals surface area contributed by atoms with Gasteiger partial charge in [0.2, 0.25) is 0 Å². The van der Waals surface area contributed by atoms with Crippen LogP contribution < -0.4 is 4.74 Å². The summed E-state index contributed by atoms with van der Waals surface area (Å²) in [5.41, 5.74) is 4.50. The van der Waals surface area contributed by atoms with Gasteiger partial charge in [0.25, 0.3) is 0 Å². The first-order valence-corrected chi connectivity index (χ1v) is 10.7. The van der Waals surface area contributed by atoms with E-state index < -0.39 is 0 Å². The molecule has 0 bridgehead atoms. The van der Waals surface area contributed by atoms with E-state index in [1.165, 1.54) is 5.56 Å². The van der Waals surface area contributed by atoms with Gasteiger partial charge < -0.3 is 9.30 Å². The Balaban J connectivity index is 1.49. The Hall–Kier alpha value is -2.78. The molecule has 0 atom stereocenters. The molecule has 4 heteroatoms. The van der Waals surface area contributed by atoms with E-state index in [9.17, 15) is 0 Å². The molecule has 0 unspecified atom stereocenters. The van der Waals surface area contributed by atoms with E-state index in [0.29, 0.717) is 11.6 Å². The predicted octanol–water partition coefficient (Wildman–Crippen LogP) is 7.12. The molecular weight excluding hydrogens is 392 g/mol. The van der Waals surface area contributed by atoms with Crippen LogP contribution in [0.4, 0.5) is 0 Å². The number of hydrogen-bond donors (Lipinski definition) is 0. The van der Waals surface area contributed by atoms with Crippen molar-refractivity contribution in [3.05, 3.63) is 83.4 Å². The molecule has 0 spiro atoms. The molecule has 0 amide bonds. The first kappa shape index (κ1) is 20.5. The fraction of sp³-hybridized carbons (Fsp3) is 0.269. The van der Waals surface area contributed by atoms with Gasteiger partial charge in [-0.2, -0.15) is 0 Å². The van der Waals surface area contributed by atoms with Gasteiger partial charge in [-0.3, -0.25) is 0 Å². The quantitative estimate of drug-likeness (QED) is 0.311. The van der Waals surface area contributed by atoms with Crippen LogP contribution in [-0.4, -0.2) is 16.2 Å². The number of aromatic nitrogens is 2. The third-order valence-corrected chi connectivity index (χ3v) is 5.61. The topological polar surface area (TPSA) is 27.1 Å². The van der Waals surface area contributed by atoms with Gasteiger partial charge in [0, 0.05) is 12.1 Å². The maximum absolute atomic E-state index is 6.47. The zero-order valence-electron chi connectivity index (χ0n) is 17.7. The van der Waals surface area contributed by atoms with E-state index >= 15 is 0 Å². The predicted molar refractivity (Wildman–Crippen MR) is 125 cm³/mol. The Morgan fingerprint density at radius 1 is 0.900 bits per heavy atom. The molecule has 0 aliphatic carbocycles. The van der Waals surface area contributed by atoms with Gasteiger partial charge in [0.1, 0.15) is 11.6 Å². The maximum Gasteiger partial charge on any atom is 0.142 e. The summed E-state index contributed by atoms with van der Waals surface area (Å²) in [5, 5.41) is 0.712. The van der Waals surface area contributed by atoms with Crippen molar-refractivity contribution in [2.24, 2.45) is 0 Å². The SMILES string of the molecule is CC(C)(C)c1ccc(OCCCn2c(-c3ccccc3Cl)nc3ccccc32)cc1. The monoisotopic (exact) mass is 418 g/mol. The molecule has 0 aliphatic heterocycles. The van der Waals surface area contributed by atoms with Gasteiger partial charge in [-0.1, -0.05) is 68.8 Å². The van der Waals surface area contributed by atoms with E-state index in [1.807, 2.05) is 42.5 Å². The lowest BCUT2D eigenvalue weighted by molar-refractivity contribution is 0.302. The molecule has 30 heavy (non-hydrogen) atoms. The van der Waals surface area contributed by atoms with Crippen molar-refractivity contribution in [1.82, 2.24) is 9.55 Å². The number of para-hydroxylation sites is 2. The Labute approximate surface area is 183 Å². The van der Waals surface area contributed by atoms with E-state index in [4.69, 9.17) is 21.3 Å². The summed E-state index contributed by atoms with van der Waals surface area (Å²) in [5.74, 6) is 1.81. The fourth-order valence-corrected chi connectivity index (χ4v) is 3.83. The third-order valence-electron chi connectivity index (χ3n) is 5.28. The second-order valence-electron chi connectivity index (χ2n) is 8.53. The number of halogens is 1. The second kappa shape index (κ2) is 8.53. The summed E-state index contributed by atoms with van der Waals surface area (Å²) in [6.45, 7) is 8.10. The van der Waals surface area contributed by atoms with Crippen LogP contribution in [0, 0.1) is 0 Å². The zero-order valence-corrected chi connectivity index (χ0v) is 18.5. The van der Waals surface area contributed by atoms with Crippen LogP contribution in [0.5, 0.6) is 5.75 Å². The first-order valence-electron chi connectivity index (χ1n) is 10.4. The molecule has 3 nitrogen and oxygen atoms in total. The molecular formula is C26H27ClN2O. The molecule has 1 aromatic heterocycles. The molecule has 0 fully saturated rings. The number of rotatable bonds is 6. The lowest BCUT2D eigenvalue weighted by atomic mass is 9.87. The Kier molecular flexibility index (Phi) is 5.83. The number of fused-ring (bicyclic) bond motifs is 1. The standard InChI is InChI=1S/C26H27ClN2O/c1-26(2,3)19-13-15-20(16-14-19)30-18-8-17-29-24-12-7-6-11-23(24)28-25(29)21-9-4-5-10-22(21)27/h4-7,9-16H,8,17-18H2,1-3H3. The second-order valence-corrected chi connectivity index (χ2v) is 8.94. The molecule has 1 heterocycles. The molecule has 0 saturated heterocycles. The number of imidazole rings is 1. The van der Waals surface area contributed by atoms with E-state index in [1.54, 1.807) is 0 Å². The van der Waals surface area contributed by atoms with Crippen LogP contribution >= 0.6 is 11.6 Å². The summed E-state index contributed by atoms with van der Waals surface area (Å²) in [6.07, 6.45) is 0.874. The maximum atomic E-state index is 6.47. The lowest BCUT2D eigenvalue weighted by Crippen LogP contribution is -2.10. The molecule has 4 aromatic rings. The number of aryl methyl sites for hydroxylation is 1. The van der Waals surface area contributed by atoms with Crippen molar-refractivity contribution in [3.8, 4) is 17.1 Å². The van der Waals surface area contributed by atoms with E-state index in [-0.39, 0.29) is 5.41 Å². The third kappa shape index (κ3) is 4.36. The Bertz CT molecular complexity index is 1140. The van der Waals surface area contributed by atoms with Gasteiger partial charge in [-0.15, -0.1) is 0 Å². The highest BCUT2D eigenvalue weighted by molar-refractivity contribution is 6.33. The normalized spacial score (nSPS) is 11.7. The van der Waals surface area contributed by atoms with Crippen molar-refractivity contribution >= 4 is 22.6 Å². The molecule has 0 saturated carbocycles. The average molecular weight is 419 g/mol. The van der Waals surface area contributed by atoms with Crippen LogP contribution in [0.2, 0.25) is 5.02 Å². The summed E-state index contributed by atoms with van der Waals surface area (Å²) >= 11 is 6.47. The van der Waals surface area contributed by atoms with Crippen LogP contribution in [-0.2, 0) is 12.0 Å². The highest BCUT2D eigenvalue weighted by Crippen LogP contribution is 2.30. The molecule has 0 aliphatic rings. The molecule has 154 valence electrons. The van der Waals surface area contributed by atoms with Crippen molar-refractivity contribution in [1.29, 1.82) is 0 Å². The number of nitrogens with zero attached hydrogens (tertiary/aromatic N) is 2. The first-order chi connectivity index (χ1) is 14.4. The molecule has 0 N–H and O–H groups in total. The largest absolute Gasteiger partial charge is 0.494 e. The van der Waals surface area contributed by atoms with Crippen molar-refractivity contribution in [2.75, 3.05) is 6.61 Å². The highest BCUT2D eigenvalue weighted by atomic mass is 35.5. The van der Waals surface area contributed by atoms with E-state index in [0.717, 1.165) is 41.1 Å². The Morgan fingerprint density at radius 2 is 1.60 bits per heavy atom. The van der Waals surface area contributed by atoms with Crippen molar-refractivity contribution < 1.29 is 4.74 Å². The van der Waals surface area contributed by atoms with Crippen LogP contribution in [0.15, 0.2) is 72.8 Å².